The lowest BCUT2D eigenvalue weighted by Gasteiger charge is -2.19. The van der Waals surface area contributed by atoms with Crippen molar-refractivity contribution in [1.29, 1.82) is 0 Å². The first-order valence-corrected chi connectivity index (χ1v) is 8.21. The Morgan fingerprint density at radius 1 is 1.00 bits per heavy atom. The van der Waals surface area contributed by atoms with E-state index in [1.165, 1.54) is 0 Å². The minimum atomic E-state index is -0.391. The molecule has 1 fully saturated rings. The number of anilines is 3. The highest BCUT2D eigenvalue weighted by Gasteiger charge is 2.23. The van der Waals surface area contributed by atoms with E-state index in [2.05, 4.69) is 20.8 Å². The number of carbonyl (C=O) groups is 1. The molecule has 2 aromatic rings. The Bertz CT molecular complexity index is 760. The first kappa shape index (κ1) is 15.6. The predicted octanol–water partition coefficient (Wildman–Crippen LogP) is 2.11. The number of nitrogens with zero attached hydrogens (tertiary/aromatic N) is 2. The lowest BCUT2D eigenvalue weighted by Crippen LogP contribution is -2.27. The SMILES string of the molecule is O=C(Nc1ccc(Nc2ccc3c(c2)OCCO3)nn1)C1CCCO1. The fourth-order valence-corrected chi connectivity index (χ4v) is 2.73. The number of hydrogen-bond donors (Lipinski definition) is 2. The van der Waals surface area contributed by atoms with E-state index in [4.69, 9.17) is 14.2 Å². The topological polar surface area (TPSA) is 94.6 Å². The molecule has 1 aromatic carbocycles. The molecule has 4 rings (SSSR count). The molecule has 1 saturated heterocycles. The Kier molecular flexibility index (Phi) is 4.34. The van der Waals surface area contributed by atoms with Crippen LogP contribution in [0.3, 0.4) is 0 Å². The Morgan fingerprint density at radius 2 is 1.80 bits per heavy atom. The molecular formula is C17H18N4O4. The standard InChI is InChI=1S/C17H18N4O4/c22-17(13-2-1-7-23-13)19-16-6-5-15(20-21-16)18-11-3-4-12-14(10-11)25-9-8-24-12/h3-6,10,13H,1-2,7-9H2,(H,18,20)(H,19,21,22). The van der Waals surface area contributed by atoms with Gasteiger partial charge in [0.05, 0.1) is 0 Å². The summed E-state index contributed by atoms with van der Waals surface area (Å²) in [4.78, 5) is 12.0. The molecule has 3 heterocycles. The van der Waals surface area contributed by atoms with Crippen LogP contribution in [0.25, 0.3) is 0 Å². The van der Waals surface area contributed by atoms with Crippen molar-refractivity contribution < 1.29 is 19.0 Å². The highest BCUT2D eigenvalue weighted by molar-refractivity contribution is 5.93. The molecule has 8 nitrogen and oxygen atoms in total. The van der Waals surface area contributed by atoms with Crippen molar-refractivity contribution in [3.05, 3.63) is 30.3 Å². The molecule has 0 aliphatic carbocycles. The van der Waals surface area contributed by atoms with E-state index in [1.54, 1.807) is 12.1 Å². The average Bonchev–Trinajstić information content (AvgIpc) is 3.18. The van der Waals surface area contributed by atoms with Crippen LogP contribution in [0.4, 0.5) is 17.3 Å². The average molecular weight is 342 g/mol. The first-order valence-electron chi connectivity index (χ1n) is 8.21. The summed E-state index contributed by atoms with van der Waals surface area (Å²) in [5.41, 5.74) is 0.815. The molecule has 1 atom stereocenters. The van der Waals surface area contributed by atoms with Gasteiger partial charge in [0.1, 0.15) is 19.3 Å². The van der Waals surface area contributed by atoms with E-state index in [0.29, 0.717) is 37.2 Å². The van der Waals surface area contributed by atoms with Crippen molar-refractivity contribution >= 4 is 23.2 Å². The van der Waals surface area contributed by atoms with Crippen molar-refractivity contribution in [2.45, 2.75) is 18.9 Å². The smallest absolute Gasteiger partial charge is 0.254 e. The first-order chi connectivity index (χ1) is 12.3. The van der Waals surface area contributed by atoms with E-state index < -0.39 is 6.10 Å². The number of benzene rings is 1. The number of aromatic nitrogens is 2. The lowest BCUT2D eigenvalue weighted by molar-refractivity contribution is -0.124. The summed E-state index contributed by atoms with van der Waals surface area (Å²) in [5, 5.41) is 14.0. The van der Waals surface area contributed by atoms with Crippen LogP contribution in [0.15, 0.2) is 30.3 Å². The summed E-state index contributed by atoms with van der Waals surface area (Å²) in [6.45, 7) is 1.72. The van der Waals surface area contributed by atoms with Crippen molar-refractivity contribution in [3.63, 3.8) is 0 Å². The maximum Gasteiger partial charge on any atom is 0.254 e. The number of carbonyl (C=O) groups excluding carboxylic acids is 1. The molecule has 130 valence electrons. The molecule has 1 amide bonds. The Balaban J connectivity index is 1.39. The van der Waals surface area contributed by atoms with Crippen LogP contribution in [-0.4, -0.2) is 42.0 Å². The second-order valence-corrected chi connectivity index (χ2v) is 5.78. The van der Waals surface area contributed by atoms with Gasteiger partial charge >= 0.3 is 0 Å². The number of amides is 1. The highest BCUT2D eigenvalue weighted by Crippen LogP contribution is 2.33. The normalized spacial score (nSPS) is 18.6. The number of rotatable bonds is 4. The van der Waals surface area contributed by atoms with Gasteiger partial charge in [-0.2, -0.15) is 0 Å². The third-order valence-corrected chi connectivity index (χ3v) is 3.95. The minimum absolute atomic E-state index is 0.181. The minimum Gasteiger partial charge on any atom is -0.486 e. The van der Waals surface area contributed by atoms with Crippen molar-refractivity contribution in [3.8, 4) is 11.5 Å². The monoisotopic (exact) mass is 342 g/mol. The summed E-state index contributed by atoms with van der Waals surface area (Å²) >= 11 is 0. The predicted molar refractivity (Wildman–Crippen MR) is 90.4 cm³/mol. The summed E-state index contributed by atoms with van der Waals surface area (Å²) in [6.07, 6.45) is 1.25. The zero-order valence-corrected chi connectivity index (χ0v) is 13.5. The van der Waals surface area contributed by atoms with Gasteiger partial charge in [-0.05, 0) is 37.1 Å². The maximum atomic E-state index is 12.0. The van der Waals surface area contributed by atoms with Gasteiger partial charge in [-0.3, -0.25) is 4.79 Å². The van der Waals surface area contributed by atoms with Crippen molar-refractivity contribution in [2.24, 2.45) is 0 Å². The van der Waals surface area contributed by atoms with Crippen LogP contribution < -0.4 is 20.1 Å². The van der Waals surface area contributed by atoms with Gasteiger partial charge < -0.3 is 24.8 Å². The van der Waals surface area contributed by atoms with E-state index in [-0.39, 0.29) is 5.91 Å². The summed E-state index contributed by atoms with van der Waals surface area (Å²) in [7, 11) is 0. The third-order valence-electron chi connectivity index (χ3n) is 3.95. The molecule has 0 spiro atoms. The van der Waals surface area contributed by atoms with Crippen LogP contribution in [0, 0.1) is 0 Å². The molecule has 1 unspecified atom stereocenters. The van der Waals surface area contributed by atoms with E-state index in [1.807, 2.05) is 18.2 Å². The third kappa shape index (κ3) is 3.63. The molecule has 8 heteroatoms. The Hall–Kier alpha value is -2.87. The number of hydrogen-bond acceptors (Lipinski definition) is 7. The van der Waals surface area contributed by atoms with Gasteiger partial charge in [0, 0.05) is 18.4 Å². The molecular weight excluding hydrogens is 324 g/mol. The summed E-state index contributed by atoms with van der Waals surface area (Å²) < 4.78 is 16.4. The second-order valence-electron chi connectivity index (χ2n) is 5.78. The molecule has 2 aliphatic heterocycles. The number of ether oxygens (including phenoxy) is 3. The molecule has 25 heavy (non-hydrogen) atoms. The molecule has 2 N–H and O–H groups in total. The van der Waals surface area contributed by atoms with Crippen molar-refractivity contribution in [1.82, 2.24) is 10.2 Å². The van der Waals surface area contributed by atoms with Gasteiger partial charge in [0.25, 0.3) is 5.91 Å². The maximum absolute atomic E-state index is 12.0. The fourth-order valence-electron chi connectivity index (χ4n) is 2.73. The van der Waals surface area contributed by atoms with Crippen LogP contribution in [0.2, 0.25) is 0 Å². The molecule has 0 bridgehead atoms. The van der Waals surface area contributed by atoms with E-state index in [9.17, 15) is 4.79 Å². The zero-order chi connectivity index (χ0) is 17.1. The summed E-state index contributed by atoms with van der Waals surface area (Å²) in [6, 6.07) is 9.02. The van der Waals surface area contributed by atoms with Gasteiger partial charge in [-0.25, -0.2) is 0 Å². The molecule has 1 aromatic heterocycles. The number of nitrogens with one attached hydrogen (secondary N) is 2. The van der Waals surface area contributed by atoms with Crippen LogP contribution >= 0.6 is 0 Å². The highest BCUT2D eigenvalue weighted by atomic mass is 16.6. The van der Waals surface area contributed by atoms with Crippen LogP contribution in [-0.2, 0) is 9.53 Å². The molecule has 0 radical (unpaired) electrons. The lowest BCUT2D eigenvalue weighted by atomic mass is 10.2. The van der Waals surface area contributed by atoms with Crippen LogP contribution in [0.5, 0.6) is 11.5 Å². The van der Waals surface area contributed by atoms with Gasteiger partial charge in [0.15, 0.2) is 23.1 Å². The Labute approximate surface area is 144 Å². The fraction of sp³-hybridized carbons (Fsp3) is 0.353. The molecule has 0 saturated carbocycles. The van der Waals surface area contributed by atoms with Gasteiger partial charge in [-0.15, -0.1) is 10.2 Å². The zero-order valence-electron chi connectivity index (χ0n) is 13.5. The van der Waals surface area contributed by atoms with Gasteiger partial charge in [0.2, 0.25) is 0 Å². The van der Waals surface area contributed by atoms with E-state index in [0.717, 1.165) is 24.3 Å². The number of fused-ring (bicyclic) bond motifs is 1. The van der Waals surface area contributed by atoms with Crippen LogP contribution in [0.1, 0.15) is 12.8 Å². The molecule has 2 aliphatic rings. The van der Waals surface area contributed by atoms with Gasteiger partial charge in [-0.1, -0.05) is 0 Å². The quantitative estimate of drug-likeness (QED) is 0.878. The Morgan fingerprint density at radius 3 is 2.56 bits per heavy atom. The second kappa shape index (κ2) is 6.94. The summed E-state index contributed by atoms with van der Waals surface area (Å²) in [5.74, 6) is 2.21. The van der Waals surface area contributed by atoms with Crippen molar-refractivity contribution in [2.75, 3.05) is 30.5 Å². The largest absolute Gasteiger partial charge is 0.486 e. The van der Waals surface area contributed by atoms with E-state index >= 15 is 0 Å².